The number of carbonyl (C=O) groups is 1. The van der Waals surface area contributed by atoms with Gasteiger partial charge in [-0.3, -0.25) is 4.68 Å². The summed E-state index contributed by atoms with van der Waals surface area (Å²) >= 11 is 0. The van der Waals surface area contributed by atoms with Crippen LogP contribution in [0.4, 0.5) is 10.5 Å². The third-order valence-electron chi connectivity index (χ3n) is 4.06. The summed E-state index contributed by atoms with van der Waals surface area (Å²) < 4.78 is 1.95. The third-order valence-corrected chi connectivity index (χ3v) is 4.06. The lowest BCUT2D eigenvalue weighted by Crippen LogP contribution is -2.33. The van der Waals surface area contributed by atoms with E-state index in [2.05, 4.69) is 10.4 Å². The molecule has 1 aliphatic heterocycles. The van der Waals surface area contributed by atoms with E-state index in [4.69, 9.17) is 0 Å². The number of carbonyl (C=O) groups excluding carboxylic acids is 1. The fourth-order valence-corrected chi connectivity index (χ4v) is 2.88. The molecule has 1 fully saturated rings. The number of amides is 2. The average molecular weight is 314 g/mol. The monoisotopic (exact) mass is 314 g/mol. The molecule has 0 unspecified atom stereocenters. The second kappa shape index (κ2) is 6.42. The number of anilines is 1. The molecule has 1 aromatic heterocycles. The van der Waals surface area contributed by atoms with E-state index >= 15 is 0 Å². The quantitative estimate of drug-likeness (QED) is 0.912. The summed E-state index contributed by atoms with van der Waals surface area (Å²) in [5.41, 5.74) is 3.95. The van der Waals surface area contributed by atoms with Crippen molar-refractivity contribution in [1.82, 2.24) is 14.7 Å². The number of aromatic nitrogens is 2. The number of aryl methyl sites for hydroxylation is 2. The van der Waals surface area contributed by atoms with E-state index in [1.165, 1.54) is 0 Å². The number of rotatable bonds is 3. The number of likely N-dealkylation sites (tertiary alicyclic amines) is 1. The molecular weight excluding hydrogens is 292 g/mol. The highest BCUT2D eigenvalue weighted by atomic mass is 16.3. The molecule has 0 radical (unpaired) electrons. The van der Waals surface area contributed by atoms with Crippen molar-refractivity contribution < 1.29 is 9.90 Å². The van der Waals surface area contributed by atoms with E-state index in [0.29, 0.717) is 26.1 Å². The topological polar surface area (TPSA) is 70.4 Å². The number of aliphatic hydroxyl groups excluding tert-OH is 1. The van der Waals surface area contributed by atoms with Crippen LogP contribution in [-0.4, -0.2) is 45.0 Å². The molecule has 122 valence electrons. The van der Waals surface area contributed by atoms with Gasteiger partial charge in [-0.1, -0.05) is 12.1 Å². The Morgan fingerprint density at radius 3 is 2.87 bits per heavy atom. The van der Waals surface area contributed by atoms with Gasteiger partial charge in [0.15, 0.2) is 0 Å². The minimum absolute atomic E-state index is 0.162. The fraction of sp³-hybridized carbons (Fsp3) is 0.412. The predicted molar refractivity (Wildman–Crippen MR) is 88.5 cm³/mol. The molecule has 1 aliphatic rings. The lowest BCUT2D eigenvalue weighted by atomic mass is 10.2. The maximum atomic E-state index is 12.2. The molecule has 3 rings (SSSR count). The van der Waals surface area contributed by atoms with Crippen molar-refractivity contribution in [2.75, 3.05) is 18.4 Å². The number of nitrogens with zero attached hydrogens (tertiary/aromatic N) is 3. The zero-order chi connectivity index (χ0) is 16.4. The van der Waals surface area contributed by atoms with Gasteiger partial charge in [-0.05, 0) is 44.0 Å². The zero-order valence-corrected chi connectivity index (χ0v) is 13.5. The van der Waals surface area contributed by atoms with Crippen molar-refractivity contribution >= 4 is 11.7 Å². The minimum atomic E-state index is -0.405. The summed E-state index contributed by atoms with van der Waals surface area (Å²) in [4.78, 5) is 13.8. The van der Waals surface area contributed by atoms with Crippen LogP contribution in [0.2, 0.25) is 0 Å². The van der Waals surface area contributed by atoms with Gasteiger partial charge >= 0.3 is 6.03 Å². The number of hydrogen-bond donors (Lipinski definition) is 2. The highest BCUT2D eigenvalue weighted by Crippen LogP contribution is 2.16. The van der Waals surface area contributed by atoms with E-state index in [-0.39, 0.29) is 6.03 Å². The van der Waals surface area contributed by atoms with Crippen LogP contribution in [0.25, 0.3) is 0 Å². The van der Waals surface area contributed by atoms with Crippen molar-refractivity contribution in [3.8, 4) is 0 Å². The van der Waals surface area contributed by atoms with E-state index < -0.39 is 6.10 Å². The zero-order valence-electron chi connectivity index (χ0n) is 13.5. The lowest BCUT2D eigenvalue weighted by Gasteiger charge is -2.17. The van der Waals surface area contributed by atoms with Gasteiger partial charge < -0.3 is 15.3 Å². The summed E-state index contributed by atoms with van der Waals surface area (Å²) in [5.74, 6) is 0. The first-order chi connectivity index (χ1) is 11.0. The molecule has 0 spiro atoms. The molecule has 6 heteroatoms. The summed E-state index contributed by atoms with van der Waals surface area (Å²) in [5, 5.41) is 16.9. The average Bonchev–Trinajstić information content (AvgIpc) is 3.05. The van der Waals surface area contributed by atoms with Crippen LogP contribution in [0.15, 0.2) is 30.3 Å². The predicted octanol–water partition coefficient (Wildman–Crippen LogP) is 2.15. The number of aliphatic hydroxyl groups is 1. The molecule has 1 aromatic carbocycles. The van der Waals surface area contributed by atoms with Crippen LogP contribution in [0.5, 0.6) is 0 Å². The van der Waals surface area contributed by atoms with Crippen LogP contribution in [0, 0.1) is 13.8 Å². The Morgan fingerprint density at radius 1 is 1.39 bits per heavy atom. The van der Waals surface area contributed by atoms with Crippen LogP contribution in [0.3, 0.4) is 0 Å². The highest BCUT2D eigenvalue weighted by molar-refractivity contribution is 5.89. The largest absolute Gasteiger partial charge is 0.391 e. The summed E-state index contributed by atoms with van der Waals surface area (Å²) in [6.45, 7) is 5.68. The van der Waals surface area contributed by atoms with Crippen molar-refractivity contribution in [2.24, 2.45) is 0 Å². The fourth-order valence-electron chi connectivity index (χ4n) is 2.88. The number of hydrogen-bond acceptors (Lipinski definition) is 3. The molecule has 0 aliphatic carbocycles. The molecule has 1 atom stereocenters. The molecule has 1 saturated heterocycles. The van der Waals surface area contributed by atoms with Crippen LogP contribution >= 0.6 is 0 Å². The molecule has 2 heterocycles. The molecule has 2 amide bonds. The van der Waals surface area contributed by atoms with E-state index in [9.17, 15) is 9.90 Å². The number of urea groups is 1. The maximum absolute atomic E-state index is 12.2. The van der Waals surface area contributed by atoms with Crippen LogP contribution in [0.1, 0.15) is 23.4 Å². The number of β-amino-alcohol motifs (C(OH)–C–C–N with tert-alkyl or cyclic N) is 1. The second-order valence-electron chi connectivity index (χ2n) is 6.10. The van der Waals surface area contributed by atoms with Gasteiger partial charge in [-0.15, -0.1) is 0 Å². The first-order valence-corrected chi connectivity index (χ1v) is 7.85. The Morgan fingerprint density at radius 2 is 2.22 bits per heavy atom. The normalized spacial score (nSPS) is 17.5. The van der Waals surface area contributed by atoms with Gasteiger partial charge in [0.2, 0.25) is 0 Å². The molecule has 2 aromatic rings. The maximum Gasteiger partial charge on any atom is 0.321 e. The molecule has 2 N–H and O–H groups in total. The van der Waals surface area contributed by atoms with Gasteiger partial charge in [0.25, 0.3) is 0 Å². The summed E-state index contributed by atoms with van der Waals surface area (Å²) in [6.07, 6.45) is 0.240. The van der Waals surface area contributed by atoms with Crippen LogP contribution in [-0.2, 0) is 6.54 Å². The highest BCUT2D eigenvalue weighted by Gasteiger charge is 2.24. The van der Waals surface area contributed by atoms with E-state index in [0.717, 1.165) is 22.6 Å². The Hall–Kier alpha value is -2.34. The van der Waals surface area contributed by atoms with Gasteiger partial charge in [-0.2, -0.15) is 5.10 Å². The van der Waals surface area contributed by atoms with Crippen molar-refractivity contribution in [1.29, 1.82) is 0 Å². The first-order valence-electron chi connectivity index (χ1n) is 7.85. The minimum Gasteiger partial charge on any atom is -0.391 e. The Kier molecular flexibility index (Phi) is 4.34. The van der Waals surface area contributed by atoms with Gasteiger partial charge in [0.05, 0.1) is 18.3 Å². The molecular formula is C17H22N4O2. The standard InChI is InChI=1S/C17H22N4O2/c1-12-8-13(2)21(19-12)10-14-4-3-5-15(9-14)18-17(23)20-7-6-16(22)11-20/h3-5,8-9,16,22H,6-7,10-11H2,1-2H3,(H,18,23)/t16-/m1/s1. The van der Waals surface area contributed by atoms with E-state index in [1.807, 2.05) is 48.9 Å². The van der Waals surface area contributed by atoms with Crippen molar-refractivity contribution in [3.63, 3.8) is 0 Å². The summed E-state index contributed by atoms with van der Waals surface area (Å²) in [6, 6.07) is 9.66. The van der Waals surface area contributed by atoms with Gasteiger partial charge in [0, 0.05) is 24.5 Å². The molecule has 0 bridgehead atoms. The van der Waals surface area contributed by atoms with E-state index in [1.54, 1.807) is 4.90 Å². The summed E-state index contributed by atoms with van der Waals surface area (Å²) in [7, 11) is 0. The van der Waals surface area contributed by atoms with Gasteiger partial charge in [-0.25, -0.2) is 4.79 Å². The smallest absolute Gasteiger partial charge is 0.321 e. The van der Waals surface area contributed by atoms with Gasteiger partial charge in [0.1, 0.15) is 0 Å². The molecule has 0 saturated carbocycles. The Balaban J connectivity index is 1.67. The van der Waals surface area contributed by atoms with Crippen molar-refractivity contribution in [3.05, 3.63) is 47.3 Å². The molecule has 6 nitrogen and oxygen atoms in total. The van der Waals surface area contributed by atoms with Crippen LogP contribution < -0.4 is 5.32 Å². The molecule has 23 heavy (non-hydrogen) atoms. The van der Waals surface area contributed by atoms with Crippen molar-refractivity contribution in [2.45, 2.75) is 32.9 Å². The number of nitrogens with one attached hydrogen (secondary N) is 1. The third kappa shape index (κ3) is 3.71. The Bertz CT molecular complexity index is 710. The number of benzene rings is 1. The Labute approximate surface area is 135 Å². The lowest BCUT2D eigenvalue weighted by molar-refractivity contribution is 0.176. The SMILES string of the molecule is Cc1cc(C)n(Cc2cccc(NC(=O)N3CC[C@@H](O)C3)c2)n1. The first kappa shape index (κ1) is 15.6. The second-order valence-corrected chi connectivity index (χ2v) is 6.10.